The molecule has 0 atom stereocenters. The molecule has 0 heterocycles. The average Bonchev–Trinajstić information content (AvgIpc) is 3.00. The Labute approximate surface area is 270 Å². The number of halogens is 3. The van der Waals surface area contributed by atoms with Gasteiger partial charge < -0.3 is 30.0 Å². The predicted molar refractivity (Wildman–Crippen MR) is 175 cm³/mol. The summed E-state index contributed by atoms with van der Waals surface area (Å²) < 4.78 is 22.7. The summed E-state index contributed by atoms with van der Waals surface area (Å²) in [4.78, 5) is 20.8. The van der Waals surface area contributed by atoms with Gasteiger partial charge in [-0.2, -0.15) is 0 Å². The fourth-order valence-electron chi connectivity index (χ4n) is 4.88. The molecule has 0 spiro atoms. The number of methoxy groups -OCH3 is 2. The molecule has 2 fully saturated rings. The standard InChI is InChI=1S/C16H22ClNO3.C14H21NO2.C2H2Cl2O/c1-11-3-6-13(7-4-11)21-15-9-12(18-16(19)10-17)5-8-14(15)20-2;1-10-3-6-12(7-4-10)17-14-9-11(15)5-8-13(14)16-2;3-1-2(4)5/h5,8-9,11,13H,3-4,6-7,10H2,1-2H3,(H,18,19);5,8-10,12H,3-4,6-7,15H2,1-2H3;1H2. The van der Waals surface area contributed by atoms with Gasteiger partial charge >= 0.3 is 0 Å². The molecule has 2 aliphatic rings. The Morgan fingerprint density at radius 3 is 1.60 bits per heavy atom. The normalized spacial score (nSPS) is 21.1. The van der Waals surface area contributed by atoms with Gasteiger partial charge in [0.15, 0.2) is 23.0 Å². The second-order valence-corrected chi connectivity index (χ2v) is 11.9. The molecule has 0 unspecified atom stereocenters. The van der Waals surface area contributed by atoms with Gasteiger partial charge in [-0.05, 0) is 99.1 Å². The third-order valence-electron chi connectivity index (χ3n) is 7.37. The highest BCUT2D eigenvalue weighted by molar-refractivity contribution is 6.67. The first-order valence-corrected chi connectivity index (χ1v) is 16.1. The summed E-state index contributed by atoms with van der Waals surface area (Å²) in [6.45, 7) is 4.58. The Morgan fingerprint density at radius 1 is 0.744 bits per heavy atom. The molecule has 2 aromatic rings. The lowest BCUT2D eigenvalue weighted by atomic mass is 9.89. The van der Waals surface area contributed by atoms with Gasteiger partial charge in [0.05, 0.1) is 32.3 Å². The Bertz CT molecular complexity index is 1140. The van der Waals surface area contributed by atoms with E-state index in [0.29, 0.717) is 29.0 Å². The van der Waals surface area contributed by atoms with Crippen molar-refractivity contribution in [3.63, 3.8) is 0 Å². The highest BCUT2D eigenvalue weighted by Gasteiger charge is 2.22. The SMILES string of the molecule is COc1ccc(N)cc1OC1CCC(C)CC1.COc1ccc(NC(=O)CCl)cc1OC1CCC(C)CC1.O=C(Cl)CCl. The van der Waals surface area contributed by atoms with Crippen LogP contribution in [0.5, 0.6) is 23.0 Å². The summed E-state index contributed by atoms with van der Waals surface area (Å²) in [6, 6.07) is 10.9. The molecule has 11 heteroatoms. The molecule has 2 aliphatic carbocycles. The zero-order valence-corrected chi connectivity index (χ0v) is 27.8. The van der Waals surface area contributed by atoms with E-state index in [1.165, 1.54) is 25.7 Å². The summed E-state index contributed by atoms with van der Waals surface area (Å²) in [5, 5.41) is 2.21. The predicted octanol–water partition coefficient (Wildman–Crippen LogP) is 8.06. The van der Waals surface area contributed by atoms with E-state index in [-0.39, 0.29) is 23.8 Å². The van der Waals surface area contributed by atoms with Crippen molar-refractivity contribution in [3.05, 3.63) is 36.4 Å². The molecule has 0 radical (unpaired) electrons. The lowest BCUT2D eigenvalue weighted by molar-refractivity contribution is -0.114. The Kier molecular flexibility index (Phi) is 16.8. The lowest BCUT2D eigenvalue weighted by Crippen LogP contribution is -2.23. The molecule has 0 aliphatic heterocycles. The maximum atomic E-state index is 11.4. The molecular weight excluding hydrogens is 615 g/mol. The second-order valence-electron chi connectivity index (χ2n) is 10.9. The molecule has 1 amide bonds. The van der Waals surface area contributed by atoms with E-state index in [1.54, 1.807) is 32.4 Å². The number of alkyl halides is 2. The molecular formula is C32H45Cl3N2O6. The van der Waals surface area contributed by atoms with Gasteiger partial charge in [-0.3, -0.25) is 9.59 Å². The molecule has 3 N–H and O–H groups in total. The van der Waals surface area contributed by atoms with E-state index >= 15 is 0 Å². The Morgan fingerprint density at radius 2 is 1.19 bits per heavy atom. The van der Waals surface area contributed by atoms with E-state index in [0.717, 1.165) is 49.0 Å². The maximum absolute atomic E-state index is 11.4. The number of carbonyl (C=O) groups excluding carboxylic acids is 2. The van der Waals surface area contributed by atoms with Crippen molar-refractivity contribution in [2.45, 2.75) is 77.4 Å². The summed E-state index contributed by atoms with van der Waals surface area (Å²) >= 11 is 15.0. The number of hydrogen-bond acceptors (Lipinski definition) is 7. The molecule has 240 valence electrons. The van der Waals surface area contributed by atoms with Crippen LogP contribution in [0.25, 0.3) is 0 Å². The van der Waals surface area contributed by atoms with E-state index in [1.807, 2.05) is 18.2 Å². The second kappa shape index (κ2) is 19.7. The number of benzene rings is 2. The number of nitrogen functional groups attached to an aromatic ring is 1. The van der Waals surface area contributed by atoms with Crippen LogP contribution in [-0.4, -0.2) is 49.3 Å². The van der Waals surface area contributed by atoms with Gasteiger partial charge in [0, 0.05) is 23.5 Å². The van der Waals surface area contributed by atoms with E-state index in [2.05, 4.69) is 19.2 Å². The largest absolute Gasteiger partial charge is 0.493 e. The molecule has 0 bridgehead atoms. The van der Waals surface area contributed by atoms with Crippen LogP contribution in [0.4, 0.5) is 11.4 Å². The van der Waals surface area contributed by atoms with Crippen molar-refractivity contribution in [2.75, 3.05) is 37.0 Å². The number of amides is 1. The van der Waals surface area contributed by atoms with Gasteiger partial charge in [0.25, 0.3) is 0 Å². The van der Waals surface area contributed by atoms with Gasteiger partial charge in [0.2, 0.25) is 11.1 Å². The number of rotatable bonds is 9. The molecule has 0 aromatic heterocycles. The molecule has 2 aromatic carbocycles. The van der Waals surface area contributed by atoms with Crippen LogP contribution in [0.2, 0.25) is 0 Å². The van der Waals surface area contributed by atoms with Crippen molar-refractivity contribution in [2.24, 2.45) is 11.8 Å². The first-order valence-electron chi connectivity index (χ1n) is 14.6. The van der Waals surface area contributed by atoms with E-state index in [9.17, 15) is 9.59 Å². The summed E-state index contributed by atoms with van der Waals surface area (Å²) in [5.74, 6) is 4.09. The lowest BCUT2D eigenvalue weighted by Gasteiger charge is -2.27. The molecule has 8 nitrogen and oxygen atoms in total. The first-order chi connectivity index (χ1) is 20.6. The highest BCUT2D eigenvalue weighted by atomic mass is 35.5. The van der Waals surface area contributed by atoms with Crippen LogP contribution < -0.4 is 30.0 Å². The van der Waals surface area contributed by atoms with E-state index in [4.69, 9.17) is 59.5 Å². The van der Waals surface area contributed by atoms with Gasteiger partial charge in [0.1, 0.15) is 5.88 Å². The number of nitrogens with one attached hydrogen (secondary N) is 1. The van der Waals surface area contributed by atoms with Crippen LogP contribution >= 0.6 is 34.8 Å². The Balaban J connectivity index is 0.000000264. The van der Waals surface area contributed by atoms with Gasteiger partial charge in [-0.1, -0.05) is 13.8 Å². The van der Waals surface area contributed by atoms with E-state index < -0.39 is 5.24 Å². The molecule has 0 saturated heterocycles. The topological polar surface area (TPSA) is 109 Å². The van der Waals surface area contributed by atoms with Crippen molar-refractivity contribution in [1.29, 1.82) is 0 Å². The minimum absolute atomic E-state index is 0.0667. The molecule has 43 heavy (non-hydrogen) atoms. The summed E-state index contributed by atoms with van der Waals surface area (Å²) in [7, 11) is 3.27. The smallest absolute Gasteiger partial charge is 0.239 e. The van der Waals surface area contributed by atoms with Gasteiger partial charge in [-0.15, -0.1) is 23.2 Å². The van der Waals surface area contributed by atoms with Crippen LogP contribution in [0, 0.1) is 11.8 Å². The maximum Gasteiger partial charge on any atom is 0.239 e. The minimum Gasteiger partial charge on any atom is -0.493 e. The van der Waals surface area contributed by atoms with Crippen molar-refractivity contribution in [3.8, 4) is 23.0 Å². The van der Waals surface area contributed by atoms with Crippen LogP contribution in [0.1, 0.15) is 65.2 Å². The number of anilines is 2. The minimum atomic E-state index is -0.508. The van der Waals surface area contributed by atoms with Crippen LogP contribution in [0.3, 0.4) is 0 Å². The van der Waals surface area contributed by atoms with Crippen LogP contribution in [-0.2, 0) is 9.59 Å². The first kappa shape index (κ1) is 36.6. The summed E-state index contributed by atoms with van der Waals surface area (Å²) in [5.41, 5.74) is 7.15. The fraction of sp³-hybridized carbons (Fsp3) is 0.562. The zero-order chi connectivity index (χ0) is 31.8. The van der Waals surface area contributed by atoms with Crippen molar-refractivity contribution in [1.82, 2.24) is 0 Å². The molecule has 4 rings (SSSR count). The Hall–Kier alpha value is -2.55. The number of ether oxygens (including phenoxy) is 4. The van der Waals surface area contributed by atoms with Crippen molar-refractivity contribution < 1.29 is 28.5 Å². The number of hydrogen-bond donors (Lipinski definition) is 2. The monoisotopic (exact) mass is 658 g/mol. The quantitative estimate of drug-likeness (QED) is 0.159. The van der Waals surface area contributed by atoms with Gasteiger partial charge in [-0.25, -0.2) is 0 Å². The third kappa shape index (κ3) is 13.7. The number of carbonyl (C=O) groups is 2. The van der Waals surface area contributed by atoms with Crippen molar-refractivity contribution >= 4 is 57.3 Å². The third-order valence-corrected chi connectivity index (χ3v) is 8.13. The summed E-state index contributed by atoms with van der Waals surface area (Å²) in [6.07, 6.45) is 9.76. The zero-order valence-electron chi connectivity index (χ0n) is 25.5. The van der Waals surface area contributed by atoms with Crippen LogP contribution in [0.15, 0.2) is 36.4 Å². The highest BCUT2D eigenvalue weighted by Crippen LogP contribution is 2.35. The average molecular weight is 660 g/mol. The number of nitrogens with two attached hydrogens (primary N) is 1. The molecule has 2 saturated carbocycles. The fourth-order valence-corrected chi connectivity index (χ4v) is 4.95.